The summed E-state index contributed by atoms with van der Waals surface area (Å²) in [7, 11) is 0. The van der Waals surface area contributed by atoms with E-state index in [1.807, 2.05) is 0 Å². The summed E-state index contributed by atoms with van der Waals surface area (Å²) in [5.74, 6) is -0.907. The summed E-state index contributed by atoms with van der Waals surface area (Å²) in [6.45, 7) is 4.03. The second kappa shape index (κ2) is 5.62. The molecule has 4 nitrogen and oxygen atoms in total. The first-order chi connectivity index (χ1) is 9.66. The number of anilines is 1. The zero-order valence-corrected chi connectivity index (χ0v) is 12.1. The summed E-state index contributed by atoms with van der Waals surface area (Å²) < 4.78 is 0. The van der Waals surface area contributed by atoms with Crippen molar-refractivity contribution in [3.8, 4) is 0 Å². The van der Waals surface area contributed by atoms with Crippen molar-refractivity contribution in [1.82, 2.24) is 4.90 Å². The molecule has 20 heavy (non-hydrogen) atoms. The van der Waals surface area contributed by atoms with Crippen molar-refractivity contribution in [2.24, 2.45) is 0 Å². The largest absolute Gasteiger partial charge is 0.478 e. The number of aromatic carboxylic acids is 1. The van der Waals surface area contributed by atoms with Crippen LogP contribution >= 0.6 is 11.6 Å². The summed E-state index contributed by atoms with van der Waals surface area (Å²) in [6, 6.07) is 5.66. The molecule has 2 heterocycles. The van der Waals surface area contributed by atoms with Crippen LogP contribution in [0.5, 0.6) is 0 Å². The summed E-state index contributed by atoms with van der Waals surface area (Å²) in [6.07, 6.45) is 3.50. The van der Waals surface area contributed by atoms with Gasteiger partial charge in [-0.15, -0.1) is 0 Å². The van der Waals surface area contributed by atoms with Crippen molar-refractivity contribution < 1.29 is 9.90 Å². The van der Waals surface area contributed by atoms with E-state index < -0.39 is 5.97 Å². The third kappa shape index (κ3) is 2.50. The molecular formula is C15H19ClN2O2. The van der Waals surface area contributed by atoms with E-state index in [0.29, 0.717) is 22.3 Å². The number of hydrogen-bond acceptors (Lipinski definition) is 3. The van der Waals surface area contributed by atoms with E-state index in [-0.39, 0.29) is 0 Å². The van der Waals surface area contributed by atoms with Gasteiger partial charge in [0.15, 0.2) is 0 Å². The molecule has 0 spiro atoms. The molecule has 5 heteroatoms. The minimum atomic E-state index is -0.907. The first kappa shape index (κ1) is 13.7. The predicted molar refractivity (Wildman–Crippen MR) is 79.8 cm³/mol. The molecule has 0 bridgehead atoms. The second-order valence-corrected chi connectivity index (χ2v) is 5.98. The van der Waals surface area contributed by atoms with Gasteiger partial charge in [-0.3, -0.25) is 4.90 Å². The summed E-state index contributed by atoms with van der Waals surface area (Å²) in [4.78, 5) is 16.1. The lowest BCUT2D eigenvalue weighted by molar-refractivity contribution is 0.0697. The third-order valence-corrected chi connectivity index (χ3v) is 4.64. The molecule has 1 aromatic carbocycles. The molecule has 0 radical (unpaired) electrons. The van der Waals surface area contributed by atoms with Crippen LogP contribution in [0.1, 0.15) is 29.6 Å². The summed E-state index contributed by atoms with van der Waals surface area (Å²) >= 11 is 6.28. The average Bonchev–Trinajstić information content (AvgIpc) is 2.76. The monoisotopic (exact) mass is 294 g/mol. The maximum absolute atomic E-state index is 11.4. The Hall–Kier alpha value is -1.26. The Balaban J connectivity index is 1.93. The van der Waals surface area contributed by atoms with Gasteiger partial charge in [0.05, 0.1) is 16.3 Å². The van der Waals surface area contributed by atoms with Crippen LogP contribution in [0.15, 0.2) is 18.2 Å². The number of para-hydroxylation sites is 1. The number of halogens is 1. The van der Waals surface area contributed by atoms with Crippen LogP contribution in [0, 0.1) is 0 Å². The SMILES string of the molecule is O=C(O)c1cccc(Cl)c1N1CCCN2CCCC2C1. The standard InChI is InChI=1S/C15H19ClN2O2/c16-13-6-1-5-12(15(19)20)14(13)18-9-3-8-17-7-2-4-11(17)10-18/h1,5-6,11H,2-4,7-10H2,(H,19,20). The fraction of sp³-hybridized carbons (Fsp3) is 0.533. The van der Waals surface area contributed by atoms with E-state index in [2.05, 4.69) is 9.80 Å². The molecule has 0 amide bonds. The number of carboxylic acid groups (broad SMARTS) is 1. The van der Waals surface area contributed by atoms with Crippen LogP contribution in [0.4, 0.5) is 5.69 Å². The highest BCUT2D eigenvalue weighted by atomic mass is 35.5. The van der Waals surface area contributed by atoms with E-state index in [0.717, 1.165) is 26.1 Å². The van der Waals surface area contributed by atoms with Crippen molar-refractivity contribution >= 4 is 23.3 Å². The minimum Gasteiger partial charge on any atom is -0.478 e. The Morgan fingerprint density at radius 2 is 2.05 bits per heavy atom. The van der Waals surface area contributed by atoms with Crippen molar-refractivity contribution in [2.75, 3.05) is 31.1 Å². The number of hydrogen-bond donors (Lipinski definition) is 1. The van der Waals surface area contributed by atoms with Gasteiger partial charge in [-0.05, 0) is 37.9 Å². The zero-order valence-electron chi connectivity index (χ0n) is 11.4. The Morgan fingerprint density at radius 3 is 2.85 bits per heavy atom. The van der Waals surface area contributed by atoms with Crippen molar-refractivity contribution in [3.05, 3.63) is 28.8 Å². The fourth-order valence-corrected chi connectivity index (χ4v) is 3.71. The normalized spacial score (nSPS) is 23.4. The molecule has 0 saturated carbocycles. The molecule has 1 atom stereocenters. The van der Waals surface area contributed by atoms with Gasteiger partial charge in [0.2, 0.25) is 0 Å². The maximum atomic E-state index is 11.4. The van der Waals surface area contributed by atoms with Gasteiger partial charge in [-0.2, -0.15) is 0 Å². The van der Waals surface area contributed by atoms with E-state index in [1.54, 1.807) is 18.2 Å². The van der Waals surface area contributed by atoms with Crippen LogP contribution in [-0.4, -0.2) is 48.2 Å². The lowest BCUT2D eigenvalue weighted by Crippen LogP contribution is -2.37. The number of nitrogens with zero attached hydrogens (tertiary/aromatic N) is 2. The van der Waals surface area contributed by atoms with Crippen molar-refractivity contribution in [2.45, 2.75) is 25.3 Å². The van der Waals surface area contributed by atoms with Gasteiger partial charge < -0.3 is 10.0 Å². The number of benzene rings is 1. The van der Waals surface area contributed by atoms with Crippen LogP contribution in [-0.2, 0) is 0 Å². The third-order valence-electron chi connectivity index (χ3n) is 4.34. The highest BCUT2D eigenvalue weighted by Crippen LogP contribution is 2.33. The van der Waals surface area contributed by atoms with Crippen LogP contribution < -0.4 is 4.90 Å². The average molecular weight is 295 g/mol. The molecule has 0 aromatic heterocycles. The summed E-state index contributed by atoms with van der Waals surface area (Å²) in [5.41, 5.74) is 0.999. The lowest BCUT2D eigenvalue weighted by atomic mass is 10.1. The quantitative estimate of drug-likeness (QED) is 0.911. The van der Waals surface area contributed by atoms with E-state index in [9.17, 15) is 9.90 Å². The molecule has 1 aromatic rings. The van der Waals surface area contributed by atoms with E-state index >= 15 is 0 Å². The van der Waals surface area contributed by atoms with Gasteiger partial charge in [0.1, 0.15) is 0 Å². The molecular weight excluding hydrogens is 276 g/mol. The molecule has 2 saturated heterocycles. The number of carbonyl (C=O) groups is 1. The lowest BCUT2D eigenvalue weighted by Gasteiger charge is -2.29. The highest BCUT2D eigenvalue weighted by molar-refractivity contribution is 6.34. The maximum Gasteiger partial charge on any atom is 0.337 e. The Labute approximate surface area is 123 Å². The van der Waals surface area contributed by atoms with Gasteiger partial charge in [-0.1, -0.05) is 17.7 Å². The molecule has 2 fully saturated rings. The molecule has 2 aliphatic heterocycles. The molecule has 108 valence electrons. The van der Waals surface area contributed by atoms with Crippen molar-refractivity contribution in [1.29, 1.82) is 0 Å². The molecule has 0 aliphatic carbocycles. The van der Waals surface area contributed by atoms with Crippen molar-refractivity contribution in [3.63, 3.8) is 0 Å². The first-order valence-corrected chi connectivity index (χ1v) is 7.55. The zero-order chi connectivity index (χ0) is 14.1. The Bertz CT molecular complexity index is 521. The smallest absolute Gasteiger partial charge is 0.337 e. The van der Waals surface area contributed by atoms with Gasteiger partial charge in [0.25, 0.3) is 0 Å². The van der Waals surface area contributed by atoms with Crippen LogP contribution in [0.3, 0.4) is 0 Å². The second-order valence-electron chi connectivity index (χ2n) is 5.57. The van der Waals surface area contributed by atoms with E-state index in [1.165, 1.54) is 19.4 Å². The van der Waals surface area contributed by atoms with Crippen LogP contribution in [0.25, 0.3) is 0 Å². The highest BCUT2D eigenvalue weighted by Gasteiger charge is 2.30. The summed E-state index contributed by atoms with van der Waals surface area (Å²) in [5, 5.41) is 9.92. The molecule has 3 rings (SSSR count). The van der Waals surface area contributed by atoms with Gasteiger partial charge >= 0.3 is 5.97 Å². The molecule has 2 aliphatic rings. The number of carboxylic acids is 1. The fourth-order valence-electron chi connectivity index (χ4n) is 3.42. The number of rotatable bonds is 2. The first-order valence-electron chi connectivity index (χ1n) is 7.17. The topological polar surface area (TPSA) is 43.8 Å². The van der Waals surface area contributed by atoms with E-state index in [4.69, 9.17) is 11.6 Å². The Kier molecular flexibility index (Phi) is 3.85. The molecule has 1 unspecified atom stereocenters. The minimum absolute atomic E-state index is 0.309. The van der Waals surface area contributed by atoms with Gasteiger partial charge in [-0.25, -0.2) is 4.79 Å². The molecule has 1 N–H and O–H groups in total. The predicted octanol–water partition coefficient (Wildman–Crippen LogP) is 2.71. The number of fused-ring (bicyclic) bond motifs is 1. The van der Waals surface area contributed by atoms with Crippen LogP contribution in [0.2, 0.25) is 5.02 Å². The van der Waals surface area contributed by atoms with Gasteiger partial charge in [0, 0.05) is 25.7 Å². The Morgan fingerprint density at radius 1 is 1.25 bits per heavy atom.